The number of nitrogens with zero attached hydrogens (tertiary/aromatic N) is 3. The van der Waals surface area contributed by atoms with Crippen molar-refractivity contribution in [2.24, 2.45) is 0 Å². The molecule has 0 bridgehead atoms. The van der Waals surface area contributed by atoms with Gasteiger partial charge in [-0.1, -0.05) is 31.2 Å². The SMILES string of the molecule is CCCN(C(C)c1nc2ccccc2c(=O)n1-c1cccc(C)c1)S(=O)(=O)c1ccc(F)cc1. The molecule has 0 aliphatic heterocycles. The van der Waals surface area contributed by atoms with E-state index in [2.05, 4.69) is 0 Å². The molecule has 0 fully saturated rings. The van der Waals surface area contributed by atoms with Gasteiger partial charge < -0.3 is 0 Å². The predicted octanol–water partition coefficient (Wildman–Crippen LogP) is 5.00. The lowest BCUT2D eigenvalue weighted by Gasteiger charge is -2.29. The lowest BCUT2D eigenvalue weighted by Crippen LogP contribution is -2.38. The van der Waals surface area contributed by atoms with E-state index in [1.54, 1.807) is 37.3 Å². The highest BCUT2D eigenvalue weighted by molar-refractivity contribution is 7.89. The first-order chi connectivity index (χ1) is 16.2. The fourth-order valence-corrected chi connectivity index (χ4v) is 5.74. The van der Waals surface area contributed by atoms with Crippen molar-refractivity contribution < 1.29 is 12.8 Å². The van der Waals surface area contributed by atoms with Crippen LogP contribution in [0.3, 0.4) is 0 Å². The van der Waals surface area contributed by atoms with E-state index < -0.39 is 21.9 Å². The average Bonchev–Trinajstić information content (AvgIpc) is 2.82. The summed E-state index contributed by atoms with van der Waals surface area (Å²) in [6, 6.07) is 18.4. The number of para-hydroxylation sites is 1. The van der Waals surface area contributed by atoms with Gasteiger partial charge in [-0.05, 0) is 74.4 Å². The normalized spacial score (nSPS) is 12.9. The van der Waals surface area contributed by atoms with Crippen molar-refractivity contribution in [3.63, 3.8) is 0 Å². The summed E-state index contributed by atoms with van der Waals surface area (Å²) in [6.07, 6.45) is 0.549. The first kappa shape index (κ1) is 23.8. The molecule has 0 aliphatic carbocycles. The minimum atomic E-state index is -3.99. The highest BCUT2D eigenvalue weighted by Gasteiger charge is 2.32. The highest BCUT2D eigenvalue weighted by atomic mass is 32.2. The van der Waals surface area contributed by atoms with Crippen molar-refractivity contribution >= 4 is 20.9 Å². The summed E-state index contributed by atoms with van der Waals surface area (Å²) in [5.41, 5.74) is 1.80. The molecule has 4 aromatic rings. The molecule has 0 saturated heterocycles. The summed E-state index contributed by atoms with van der Waals surface area (Å²) in [7, 11) is -3.99. The summed E-state index contributed by atoms with van der Waals surface area (Å²) >= 11 is 0. The molecule has 8 heteroatoms. The Labute approximate surface area is 198 Å². The fraction of sp³-hybridized carbons (Fsp3) is 0.231. The molecule has 1 heterocycles. The molecule has 0 N–H and O–H groups in total. The van der Waals surface area contributed by atoms with Crippen molar-refractivity contribution in [2.45, 2.75) is 38.1 Å². The maximum atomic E-state index is 13.6. The molecule has 34 heavy (non-hydrogen) atoms. The monoisotopic (exact) mass is 479 g/mol. The van der Waals surface area contributed by atoms with E-state index in [9.17, 15) is 17.6 Å². The van der Waals surface area contributed by atoms with Gasteiger partial charge >= 0.3 is 0 Å². The number of fused-ring (bicyclic) bond motifs is 1. The Bertz CT molecular complexity index is 1500. The second-order valence-corrected chi connectivity index (χ2v) is 10.1. The summed E-state index contributed by atoms with van der Waals surface area (Å²) in [6.45, 7) is 5.73. The Balaban J connectivity index is 1.95. The Hall–Kier alpha value is -3.36. The van der Waals surface area contributed by atoms with Crippen LogP contribution in [0.15, 0.2) is 82.5 Å². The van der Waals surface area contributed by atoms with E-state index in [-0.39, 0.29) is 17.0 Å². The van der Waals surface area contributed by atoms with Crippen LogP contribution in [0.4, 0.5) is 4.39 Å². The van der Waals surface area contributed by atoms with E-state index in [0.717, 1.165) is 17.7 Å². The first-order valence-corrected chi connectivity index (χ1v) is 12.5. The number of hydrogen-bond donors (Lipinski definition) is 0. The summed E-state index contributed by atoms with van der Waals surface area (Å²) in [5.74, 6) is -0.202. The quantitative estimate of drug-likeness (QED) is 0.374. The van der Waals surface area contributed by atoms with Gasteiger partial charge in [0.1, 0.15) is 11.6 Å². The van der Waals surface area contributed by atoms with Crippen LogP contribution in [0.5, 0.6) is 0 Å². The van der Waals surface area contributed by atoms with Crippen molar-refractivity contribution in [1.29, 1.82) is 0 Å². The smallest absolute Gasteiger partial charge is 0.266 e. The van der Waals surface area contributed by atoms with Gasteiger partial charge in [0.25, 0.3) is 5.56 Å². The van der Waals surface area contributed by atoms with Gasteiger partial charge in [-0.3, -0.25) is 9.36 Å². The summed E-state index contributed by atoms with van der Waals surface area (Å²) in [4.78, 5) is 18.4. The molecule has 6 nitrogen and oxygen atoms in total. The molecule has 176 valence electrons. The minimum Gasteiger partial charge on any atom is -0.268 e. The van der Waals surface area contributed by atoms with Crippen LogP contribution in [-0.4, -0.2) is 28.8 Å². The number of benzene rings is 3. The van der Waals surface area contributed by atoms with Crippen LogP contribution in [0, 0.1) is 12.7 Å². The Morgan fingerprint density at radius 3 is 2.41 bits per heavy atom. The van der Waals surface area contributed by atoms with Crippen LogP contribution in [0.2, 0.25) is 0 Å². The lowest BCUT2D eigenvalue weighted by atomic mass is 10.1. The van der Waals surface area contributed by atoms with Crippen LogP contribution in [0.25, 0.3) is 16.6 Å². The van der Waals surface area contributed by atoms with Crippen molar-refractivity contribution in [1.82, 2.24) is 13.9 Å². The van der Waals surface area contributed by atoms with Gasteiger partial charge in [-0.15, -0.1) is 0 Å². The second-order valence-electron chi connectivity index (χ2n) is 8.21. The Morgan fingerprint density at radius 2 is 1.74 bits per heavy atom. The Kier molecular flexibility index (Phi) is 6.63. The van der Waals surface area contributed by atoms with E-state index in [1.165, 1.54) is 21.0 Å². The van der Waals surface area contributed by atoms with E-state index >= 15 is 0 Å². The first-order valence-electron chi connectivity index (χ1n) is 11.1. The molecule has 1 unspecified atom stereocenters. The van der Waals surface area contributed by atoms with E-state index in [0.29, 0.717) is 28.8 Å². The topological polar surface area (TPSA) is 72.3 Å². The zero-order chi connectivity index (χ0) is 24.5. The average molecular weight is 480 g/mol. The molecule has 1 aromatic heterocycles. The molecule has 0 aliphatic rings. The summed E-state index contributed by atoms with van der Waals surface area (Å²) < 4.78 is 43.4. The van der Waals surface area contributed by atoms with Gasteiger partial charge in [0.15, 0.2) is 0 Å². The second kappa shape index (κ2) is 9.48. The van der Waals surface area contributed by atoms with Crippen molar-refractivity contribution in [3.8, 4) is 5.69 Å². The zero-order valence-electron chi connectivity index (χ0n) is 19.3. The lowest BCUT2D eigenvalue weighted by molar-refractivity contribution is 0.327. The maximum absolute atomic E-state index is 13.6. The predicted molar refractivity (Wildman–Crippen MR) is 131 cm³/mol. The summed E-state index contributed by atoms with van der Waals surface area (Å²) in [5, 5.41) is 0.448. The number of hydrogen-bond acceptors (Lipinski definition) is 4. The van der Waals surface area contributed by atoms with Gasteiger partial charge in [0, 0.05) is 6.54 Å². The molecular formula is C26H26FN3O3S. The number of sulfonamides is 1. The van der Waals surface area contributed by atoms with Gasteiger partial charge in [0.05, 0.1) is 27.5 Å². The third-order valence-electron chi connectivity index (χ3n) is 5.73. The largest absolute Gasteiger partial charge is 0.268 e. The Morgan fingerprint density at radius 1 is 1.03 bits per heavy atom. The molecule has 0 amide bonds. The van der Waals surface area contributed by atoms with Gasteiger partial charge in [0.2, 0.25) is 10.0 Å². The molecule has 3 aromatic carbocycles. The third-order valence-corrected chi connectivity index (χ3v) is 7.72. The van der Waals surface area contributed by atoms with Crippen LogP contribution < -0.4 is 5.56 Å². The highest BCUT2D eigenvalue weighted by Crippen LogP contribution is 2.29. The molecule has 1 atom stereocenters. The molecule has 0 radical (unpaired) electrons. The van der Waals surface area contributed by atoms with Crippen molar-refractivity contribution in [3.05, 3.63) is 100 Å². The number of rotatable bonds is 7. The van der Waals surface area contributed by atoms with Crippen molar-refractivity contribution in [2.75, 3.05) is 6.54 Å². The molecule has 0 spiro atoms. The molecular weight excluding hydrogens is 453 g/mol. The number of aryl methyl sites for hydroxylation is 1. The number of halogens is 1. The van der Waals surface area contributed by atoms with Gasteiger partial charge in [-0.2, -0.15) is 4.31 Å². The molecule has 0 saturated carbocycles. The minimum absolute atomic E-state index is 0.0144. The van der Waals surface area contributed by atoms with Crippen LogP contribution in [0.1, 0.15) is 37.7 Å². The fourth-order valence-electron chi connectivity index (χ4n) is 4.06. The van der Waals surface area contributed by atoms with E-state index in [4.69, 9.17) is 4.98 Å². The standard InChI is InChI=1S/C26H26FN3O3S/c1-4-16-29(34(32,33)22-14-12-20(27)13-15-22)19(3)25-28-24-11-6-5-10-23(24)26(31)30(25)21-9-7-8-18(2)17-21/h5-15,17,19H,4,16H2,1-3H3. The van der Waals surface area contributed by atoms with E-state index in [1.807, 2.05) is 32.0 Å². The zero-order valence-corrected chi connectivity index (χ0v) is 20.1. The number of aromatic nitrogens is 2. The van der Waals surface area contributed by atoms with Crippen LogP contribution in [-0.2, 0) is 10.0 Å². The van der Waals surface area contributed by atoms with Gasteiger partial charge in [-0.25, -0.2) is 17.8 Å². The maximum Gasteiger partial charge on any atom is 0.266 e. The third kappa shape index (κ3) is 4.38. The molecule has 4 rings (SSSR count). The van der Waals surface area contributed by atoms with Crippen LogP contribution >= 0.6 is 0 Å².